The van der Waals surface area contributed by atoms with Gasteiger partial charge in [0, 0.05) is 6.92 Å². The van der Waals surface area contributed by atoms with E-state index >= 15 is 0 Å². The van der Waals surface area contributed by atoms with Crippen LogP contribution in [0.25, 0.3) is 0 Å². The molecule has 0 aliphatic heterocycles. The van der Waals surface area contributed by atoms with E-state index in [-0.39, 0.29) is 5.97 Å². The van der Waals surface area contributed by atoms with Gasteiger partial charge in [0.1, 0.15) is 6.10 Å². The number of hydrogen-bond acceptors (Lipinski definition) is 3. The fraction of sp³-hybridized carbons (Fsp3) is 0.591. The summed E-state index contributed by atoms with van der Waals surface area (Å²) in [5, 5.41) is 9.15. The lowest BCUT2D eigenvalue weighted by Gasteiger charge is -2.05. The van der Waals surface area contributed by atoms with E-state index in [9.17, 15) is 4.79 Å². The van der Waals surface area contributed by atoms with Gasteiger partial charge in [-0.05, 0) is 37.8 Å². The topological polar surface area (TPSA) is 46.5 Å². The van der Waals surface area contributed by atoms with Crippen LogP contribution in [0.2, 0.25) is 0 Å². The number of unbranched alkanes of at least 4 members (excludes halogenated alkanes) is 9. The number of esters is 1. The van der Waals surface area contributed by atoms with Crippen LogP contribution in [0.5, 0.6) is 0 Å². The predicted octanol–water partition coefficient (Wildman–Crippen LogP) is 4.56. The molecule has 0 saturated carbocycles. The lowest BCUT2D eigenvalue weighted by molar-refractivity contribution is -0.142. The van der Waals surface area contributed by atoms with Crippen LogP contribution in [-0.4, -0.2) is 23.3 Å². The van der Waals surface area contributed by atoms with Crippen LogP contribution in [-0.2, 0) is 9.53 Å². The first-order chi connectivity index (χ1) is 12.1. The van der Waals surface area contributed by atoms with Crippen molar-refractivity contribution >= 4 is 5.97 Å². The molecule has 0 bridgehead atoms. The van der Waals surface area contributed by atoms with Gasteiger partial charge in [-0.3, -0.25) is 4.79 Å². The van der Waals surface area contributed by atoms with Crippen molar-refractivity contribution in [2.45, 2.75) is 83.3 Å². The highest BCUT2D eigenvalue weighted by molar-refractivity contribution is 5.66. The minimum absolute atomic E-state index is 0.353. The predicted molar refractivity (Wildman–Crippen MR) is 104 cm³/mol. The number of ether oxygens (including phenoxy) is 1. The molecule has 0 amide bonds. The molecule has 0 aromatic rings. The van der Waals surface area contributed by atoms with E-state index in [0.717, 1.165) is 25.7 Å². The van der Waals surface area contributed by atoms with Crippen molar-refractivity contribution < 1.29 is 14.6 Å². The zero-order chi connectivity index (χ0) is 18.8. The molecule has 0 heterocycles. The second kappa shape index (κ2) is 16.9. The zero-order valence-corrected chi connectivity index (χ0v) is 15.5. The van der Waals surface area contributed by atoms with Crippen molar-refractivity contribution in [3.8, 4) is 24.7 Å². The molecule has 138 valence electrons. The molecule has 0 aliphatic carbocycles. The van der Waals surface area contributed by atoms with Crippen LogP contribution in [0.15, 0.2) is 24.3 Å². The molecule has 0 radical (unpaired) electrons. The van der Waals surface area contributed by atoms with Crippen LogP contribution < -0.4 is 0 Å². The number of rotatable bonds is 14. The SMILES string of the molecule is C#CC(O)C=CCCCCCCCCCCC=CC(C#C)OC(C)=O. The van der Waals surface area contributed by atoms with E-state index in [1.54, 1.807) is 12.2 Å². The molecule has 3 nitrogen and oxygen atoms in total. The first kappa shape index (κ1) is 23.0. The number of allylic oxidation sites excluding steroid dienone is 2. The Balaban J connectivity index is 3.39. The third kappa shape index (κ3) is 16.7. The van der Waals surface area contributed by atoms with E-state index < -0.39 is 12.2 Å². The molecule has 2 unspecified atom stereocenters. The van der Waals surface area contributed by atoms with Crippen molar-refractivity contribution in [1.29, 1.82) is 0 Å². The number of hydrogen-bond donors (Lipinski definition) is 1. The summed E-state index contributed by atoms with van der Waals surface area (Å²) in [5.74, 6) is 4.34. The minimum atomic E-state index is -0.742. The highest BCUT2D eigenvalue weighted by atomic mass is 16.5. The molecule has 0 rings (SSSR count). The van der Waals surface area contributed by atoms with Gasteiger partial charge in [0.2, 0.25) is 0 Å². The van der Waals surface area contributed by atoms with Gasteiger partial charge in [-0.2, -0.15) is 0 Å². The summed E-state index contributed by atoms with van der Waals surface area (Å²) in [6.45, 7) is 1.36. The summed E-state index contributed by atoms with van der Waals surface area (Å²) < 4.78 is 4.94. The molecule has 3 heteroatoms. The summed E-state index contributed by atoms with van der Waals surface area (Å²) in [6, 6.07) is 0. The molecular weight excluding hydrogens is 312 g/mol. The normalized spacial score (nSPS) is 13.4. The number of carbonyl (C=O) groups is 1. The Labute approximate surface area is 153 Å². The molecule has 0 aliphatic rings. The molecule has 0 aromatic carbocycles. The van der Waals surface area contributed by atoms with Gasteiger partial charge in [0.15, 0.2) is 6.10 Å². The third-order valence-electron chi connectivity index (χ3n) is 3.75. The van der Waals surface area contributed by atoms with Gasteiger partial charge in [-0.15, -0.1) is 12.8 Å². The van der Waals surface area contributed by atoms with Crippen molar-refractivity contribution in [2.24, 2.45) is 0 Å². The maximum atomic E-state index is 10.8. The van der Waals surface area contributed by atoms with E-state index in [2.05, 4.69) is 11.8 Å². The van der Waals surface area contributed by atoms with Gasteiger partial charge >= 0.3 is 5.97 Å². The third-order valence-corrected chi connectivity index (χ3v) is 3.75. The number of terminal acetylenes is 2. The Morgan fingerprint density at radius 1 is 0.920 bits per heavy atom. The second-order valence-corrected chi connectivity index (χ2v) is 6.07. The Morgan fingerprint density at radius 2 is 1.40 bits per heavy atom. The van der Waals surface area contributed by atoms with E-state index in [0.29, 0.717) is 0 Å². The Kier molecular flexibility index (Phi) is 15.5. The fourth-order valence-electron chi connectivity index (χ4n) is 2.39. The molecule has 0 saturated heterocycles. The standard InChI is InChI=1S/C22H32O3/c1-4-21(24)18-16-14-12-10-8-6-7-9-11-13-15-17-19-22(5-2)25-20(3)23/h1-2,16-19,21-22,24H,6-15H2,3H3. The van der Waals surface area contributed by atoms with Gasteiger partial charge < -0.3 is 9.84 Å². The van der Waals surface area contributed by atoms with Gasteiger partial charge in [-0.1, -0.05) is 62.5 Å². The summed E-state index contributed by atoms with van der Waals surface area (Å²) in [7, 11) is 0. The van der Waals surface area contributed by atoms with E-state index in [1.807, 2.05) is 12.2 Å². The number of aliphatic hydroxyl groups is 1. The Morgan fingerprint density at radius 3 is 1.84 bits per heavy atom. The molecule has 25 heavy (non-hydrogen) atoms. The number of carbonyl (C=O) groups excluding carboxylic acids is 1. The average Bonchev–Trinajstić information content (AvgIpc) is 2.60. The first-order valence-electron chi connectivity index (χ1n) is 9.21. The highest BCUT2D eigenvalue weighted by Gasteiger charge is 2.02. The lowest BCUT2D eigenvalue weighted by Crippen LogP contribution is -2.10. The largest absolute Gasteiger partial charge is 0.445 e. The van der Waals surface area contributed by atoms with Crippen LogP contribution in [0.1, 0.15) is 71.1 Å². The lowest BCUT2D eigenvalue weighted by atomic mass is 10.1. The van der Waals surface area contributed by atoms with Gasteiger partial charge in [-0.25, -0.2) is 0 Å². The molecule has 1 N–H and O–H groups in total. The summed E-state index contributed by atoms with van der Waals surface area (Å²) in [4.78, 5) is 10.8. The summed E-state index contributed by atoms with van der Waals surface area (Å²) in [5.41, 5.74) is 0. The fourth-order valence-corrected chi connectivity index (χ4v) is 2.39. The molecular formula is C22H32O3. The molecule has 0 spiro atoms. The van der Waals surface area contributed by atoms with Crippen LogP contribution in [0.4, 0.5) is 0 Å². The van der Waals surface area contributed by atoms with E-state index in [1.165, 1.54) is 45.4 Å². The van der Waals surface area contributed by atoms with Crippen molar-refractivity contribution in [3.05, 3.63) is 24.3 Å². The first-order valence-corrected chi connectivity index (χ1v) is 9.21. The summed E-state index contributed by atoms with van der Waals surface area (Å²) in [6.07, 6.45) is 28.2. The number of aliphatic hydroxyl groups excluding tert-OH is 1. The van der Waals surface area contributed by atoms with Gasteiger partial charge in [0.05, 0.1) is 0 Å². The molecule has 2 atom stereocenters. The second-order valence-electron chi connectivity index (χ2n) is 6.07. The van der Waals surface area contributed by atoms with Crippen LogP contribution in [0.3, 0.4) is 0 Å². The Bertz CT molecular complexity index is 476. The zero-order valence-electron chi connectivity index (χ0n) is 15.5. The summed E-state index contributed by atoms with van der Waals surface area (Å²) >= 11 is 0. The van der Waals surface area contributed by atoms with Crippen molar-refractivity contribution in [2.75, 3.05) is 0 Å². The smallest absolute Gasteiger partial charge is 0.304 e. The minimum Gasteiger partial charge on any atom is -0.445 e. The maximum absolute atomic E-state index is 10.8. The Hall–Kier alpha value is -1.97. The van der Waals surface area contributed by atoms with Crippen molar-refractivity contribution in [1.82, 2.24) is 0 Å². The molecule has 0 fully saturated rings. The monoisotopic (exact) mass is 344 g/mol. The quantitative estimate of drug-likeness (QED) is 0.217. The highest BCUT2D eigenvalue weighted by Crippen LogP contribution is 2.11. The van der Waals surface area contributed by atoms with Crippen LogP contribution in [0, 0.1) is 24.7 Å². The maximum Gasteiger partial charge on any atom is 0.304 e. The van der Waals surface area contributed by atoms with Gasteiger partial charge in [0.25, 0.3) is 0 Å². The molecule has 0 aromatic heterocycles. The van der Waals surface area contributed by atoms with Crippen LogP contribution >= 0.6 is 0 Å². The average molecular weight is 344 g/mol. The van der Waals surface area contributed by atoms with Crippen molar-refractivity contribution in [3.63, 3.8) is 0 Å². The van der Waals surface area contributed by atoms with E-state index in [4.69, 9.17) is 22.7 Å².